The number of hydrogen-bond acceptors (Lipinski definition) is 3. The van der Waals surface area contributed by atoms with Crippen molar-refractivity contribution < 1.29 is 9.18 Å². The molecule has 0 saturated heterocycles. The number of carbonyl (C=O) groups excluding carboxylic acids is 1. The van der Waals surface area contributed by atoms with E-state index < -0.39 is 6.03 Å². The number of carbonyl (C=O) groups is 1. The number of rotatable bonds is 3. The lowest BCUT2D eigenvalue weighted by Crippen LogP contribution is -2.29. The fraction of sp³-hybridized carbons (Fsp3) is 0.0833. The Balaban J connectivity index is 1.88. The second kappa shape index (κ2) is 6.24. The second-order valence-corrected chi connectivity index (χ2v) is 4.54. The maximum absolute atomic E-state index is 13.3. The Morgan fingerprint density at radius 1 is 1.26 bits per heavy atom. The molecular weight excluding hydrogens is 315 g/mol. The Morgan fingerprint density at radius 2 is 1.95 bits per heavy atom. The number of urea groups is 1. The minimum Gasteiger partial charge on any atom is -0.334 e. The first kappa shape index (κ1) is 13.4. The zero-order chi connectivity index (χ0) is 13.7. The Hall–Kier alpha value is -2.02. The van der Waals surface area contributed by atoms with Crippen LogP contribution in [-0.4, -0.2) is 16.0 Å². The van der Waals surface area contributed by atoms with E-state index in [0.29, 0.717) is 10.0 Å². The lowest BCUT2D eigenvalue weighted by atomic mass is 10.2. The highest BCUT2D eigenvalue weighted by molar-refractivity contribution is 9.10. The summed E-state index contributed by atoms with van der Waals surface area (Å²) >= 11 is 3.19. The molecule has 2 amide bonds. The van der Waals surface area contributed by atoms with Crippen molar-refractivity contribution >= 4 is 27.9 Å². The molecule has 1 aromatic carbocycles. The lowest BCUT2D eigenvalue weighted by molar-refractivity contribution is 0.251. The van der Waals surface area contributed by atoms with Gasteiger partial charge in [-0.1, -0.05) is 18.2 Å². The van der Waals surface area contributed by atoms with Crippen LogP contribution in [0.4, 0.5) is 15.1 Å². The second-order valence-electron chi connectivity index (χ2n) is 3.62. The predicted molar refractivity (Wildman–Crippen MR) is 72.0 cm³/mol. The van der Waals surface area contributed by atoms with Crippen molar-refractivity contribution in [1.82, 2.24) is 15.3 Å². The molecule has 1 heterocycles. The Bertz CT molecular complexity index is 576. The molecule has 0 saturated carbocycles. The van der Waals surface area contributed by atoms with Gasteiger partial charge in [0, 0.05) is 24.5 Å². The van der Waals surface area contributed by atoms with E-state index in [0.717, 1.165) is 0 Å². The van der Waals surface area contributed by atoms with E-state index in [2.05, 4.69) is 36.5 Å². The molecule has 0 bridgehead atoms. The highest BCUT2D eigenvalue weighted by Gasteiger charge is 2.05. The number of nitrogens with zero attached hydrogens (tertiary/aromatic N) is 2. The van der Waals surface area contributed by atoms with E-state index in [4.69, 9.17) is 0 Å². The molecule has 0 spiro atoms. The largest absolute Gasteiger partial charge is 0.334 e. The van der Waals surface area contributed by atoms with Gasteiger partial charge in [-0.15, -0.1) is 0 Å². The number of benzene rings is 1. The molecular formula is C12H10BrFN4O. The van der Waals surface area contributed by atoms with Crippen LogP contribution in [0.25, 0.3) is 0 Å². The summed E-state index contributed by atoms with van der Waals surface area (Å²) in [7, 11) is 0. The van der Waals surface area contributed by atoms with Gasteiger partial charge in [0.25, 0.3) is 0 Å². The third-order valence-electron chi connectivity index (χ3n) is 2.24. The average Bonchev–Trinajstić information content (AvgIpc) is 2.40. The van der Waals surface area contributed by atoms with Crippen molar-refractivity contribution in [1.29, 1.82) is 0 Å². The van der Waals surface area contributed by atoms with Gasteiger partial charge < -0.3 is 5.32 Å². The highest BCUT2D eigenvalue weighted by Crippen LogP contribution is 2.07. The van der Waals surface area contributed by atoms with E-state index in [-0.39, 0.29) is 18.3 Å². The van der Waals surface area contributed by atoms with Gasteiger partial charge >= 0.3 is 6.03 Å². The van der Waals surface area contributed by atoms with E-state index in [9.17, 15) is 9.18 Å². The third kappa shape index (κ3) is 3.99. The Kier molecular flexibility index (Phi) is 4.40. The zero-order valence-electron chi connectivity index (χ0n) is 9.73. The standard InChI is InChI=1S/C12H10BrFN4O/c13-9-6-15-11(16-7-9)18-12(19)17-5-8-3-1-2-4-10(8)14/h1-4,6-7H,5H2,(H2,15,16,17,18,19). The van der Waals surface area contributed by atoms with E-state index in [1.165, 1.54) is 18.5 Å². The molecule has 0 aliphatic rings. The SMILES string of the molecule is O=C(NCc1ccccc1F)Nc1ncc(Br)cn1. The summed E-state index contributed by atoms with van der Waals surface area (Å²) in [6, 6.07) is 5.74. The van der Waals surface area contributed by atoms with Crippen molar-refractivity contribution in [3.63, 3.8) is 0 Å². The van der Waals surface area contributed by atoms with Crippen LogP contribution in [0, 0.1) is 5.82 Å². The Labute approximate surface area is 117 Å². The minimum absolute atomic E-state index is 0.0923. The molecule has 0 radical (unpaired) electrons. The fourth-order valence-electron chi connectivity index (χ4n) is 1.34. The van der Waals surface area contributed by atoms with E-state index >= 15 is 0 Å². The summed E-state index contributed by atoms with van der Waals surface area (Å²) in [5, 5.41) is 4.96. The molecule has 5 nitrogen and oxygen atoms in total. The van der Waals surface area contributed by atoms with Crippen molar-refractivity contribution in [2.75, 3.05) is 5.32 Å². The van der Waals surface area contributed by atoms with Crippen LogP contribution in [0.2, 0.25) is 0 Å². The number of aromatic nitrogens is 2. The number of halogens is 2. The van der Waals surface area contributed by atoms with Crippen LogP contribution < -0.4 is 10.6 Å². The van der Waals surface area contributed by atoms with Crippen LogP contribution in [0.5, 0.6) is 0 Å². The predicted octanol–water partition coefficient (Wildman–Crippen LogP) is 2.70. The molecule has 0 atom stereocenters. The molecule has 7 heteroatoms. The quantitative estimate of drug-likeness (QED) is 0.912. The average molecular weight is 325 g/mol. The maximum atomic E-state index is 13.3. The number of amides is 2. The fourth-order valence-corrected chi connectivity index (χ4v) is 1.54. The van der Waals surface area contributed by atoms with Gasteiger partial charge in [0.1, 0.15) is 5.82 Å². The first-order valence-electron chi connectivity index (χ1n) is 5.41. The summed E-state index contributed by atoms with van der Waals surface area (Å²) in [4.78, 5) is 19.3. The molecule has 2 aromatic rings. The summed E-state index contributed by atoms with van der Waals surface area (Å²) in [6.45, 7) is 0.0923. The maximum Gasteiger partial charge on any atom is 0.321 e. The van der Waals surface area contributed by atoms with Gasteiger partial charge in [-0.05, 0) is 22.0 Å². The van der Waals surface area contributed by atoms with Crippen molar-refractivity contribution in [2.24, 2.45) is 0 Å². The summed E-state index contributed by atoms with van der Waals surface area (Å²) < 4.78 is 14.0. The third-order valence-corrected chi connectivity index (χ3v) is 2.65. The van der Waals surface area contributed by atoms with Crippen molar-refractivity contribution in [2.45, 2.75) is 6.54 Å². The zero-order valence-corrected chi connectivity index (χ0v) is 11.3. The van der Waals surface area contributed by atoms with Gasteiger partial charge in [-0.3, -0.25) is 5.32 Å². The van der Waals surface area contributed by atoms with E-state index in [1.54, 1.807) is 18.2 Å². The van der Waals surface area contributed by atoms with Gasteiger partial charge in [0.15, 0.2) is 0 Å². The molecule has 0 fully saturated rings. The highest BCUT2D eigenvalue weighted by atomic mass is 79.9. The first-order valence-corrected chi connectivity index (χ1v) is 6.20. The molecule has 0 aliphatic carbocycles. The molecule has 1 aromatic heterocycles. The summed E-state index contributed by atoms with van der Waals surface area (Å²) in [6.07, 6.45) is 3.03. The Morgan fingerprint density at radius 3 is 2.63 bits per heavy atom. The normalized spacial score (nSPS) is 10.0. The first-order chi connectivity index (χ1) is 9.15. The smallest absolute Gasteiger partial charge is 0.321 e. The van der Waals surface area contributed by atoms with Gasteiger partial charge in [0.05, 0.1) is 4.47 Å². The minimum atomic E-state index is -0.495. The number of anilines is 1. The van der Waals surface area contributed by atoms with Crippen LogP contribution in [-0.2, 0) is 6.54 Å². The van der Waals surface area contributed by atoms with E-state index in [1.807, 2.05) is 0 Å². The molecule has 19 heavy (non-hydrogen) atoms. The van der Waals surface area contributed by atoms with Gasteiger partial charge in [-0.2, -0.15) is 0 Å². The van der Waals surface area contributed by atoms with Crippen molar-refractivity contribution in [3.05, 3.63) is 52.5 Å². The molecule has 2 rings (SSSR count). The van der Waals surface area contributed by atoms with Crippen LogP contribution in [0.1, 0.15) is 5.56 Å². The topological polar surface area (TPSA) is 66.9 Å². The lowest BCUT2D eigenvalue weighted by Gasteiger charge is -2.07. The monoisotopic (exact) mass is 324 g/mol. The molecule has 98 valence electrons. The molecule has 0 unspecified atom stereocenters. The van der Waals surface area contributed by atoms with Gasteiger partial charge in [0.2, 0.25) is 5.95 Å². The molecule has 2 N–H and O–H groups in total. The van der Waals surface area contributed by atoms with Crippen LogP contribution in [0.15, 0.2) is 41.1 Å². The number of nitrogens with one attached hydrogen (secondary N) is 2. The molecule has 0 aliphatic heterocycles. The summed E-state index contributed by atoms with van der Waals surface area (Å²) in [5.41, 5.74) is 0.411. The van der Waals surface area contributed by atoms with Crippen LogP contribution in [0.3, 0.4) is 0 Å². The summed E-state index contributed by atoms with van der Waals surface area (Å²) in [5.74, 6) is -0.183. The number of hydrogen-bond donors (Lipinski definition) is 2. The van der Waals surface area contributed by atoms with Crippen molar-refractivity contribution in [3.8, 4) is 0 Å². The van der Waals surface area contributed by atoms with Gasteiger partial charge in [-0.25, -0.2) is 19.2 Å². The van der Waals surface area contributed by atoms with Crippen LogP contribution >= 0.6 is 15.9 Å².